The molecule has 100 valence electrons. The molecular formula is C16H19NOS. The second-order valence-electron chi connectivity index (χ2n) is 5.93. The van der Waals surface area contributed by atoms with Crippen LogP contribution in [-0.4, -0.2) is 28.4 Å². The van der Waals surface area contributed by atoms with Gasteiger partial charge in [-0.3, -0.25) is 4.79 Å². The van der Waals surface area contributed by atoms with Gasteiger partial charge in [0.25, 0.3) is 5.91 Å². The van der Waals surface area contributed by atoms with Gasteiger partial charge in [0, 0.05) is 17.4 Å². The van der Waals surface area contributed by atoms with Crippen LogP contribution in [0.3, 0.4) is 0 Å². The maximum absolute atomic E-state index is 12.5. The topological polar surface area (TPSA) is 20.3 Å². The molecule has 0 spiro atoms. The molecule has 3 atom stereocenters. The van der Waals surface area contributed by atoms with Crippen LogP contribution in [-0.2, 0) is 0 Å². The van der Waals surface area contributed by atoms with E-state index in [1.54, 1.807) is 0 Å². The van der Waals surface area contributed by atoms with E-state index in [2.05, 4.69) is 28.8 Å². The van der Waals surface area contributed by atoms with Crippen molar-refractivity contribution >= 4 is 17.7 Å². The highest BCUT2D eigenvalue weighted by atomic mass is 32.2. The molecule has 2 fully saturated rings. The summed E-state index contributed by atoms with van der Waals surface area (Å²) in [6.45, 7) is 0.951. The maximum atomic E-state index is 12.5. The van der Waals surface area contributed by atoms with Crippen molar-refractivity contribution in [3.05, 3.63) is 35.4 Å². The Morgan fingerprint density at radius 1 is 1.11 bits per heavy atom. The first-order valence-corrected chi connectivity index (χ1v) is 8.41. The van der Waals surface area contributed by atoms with Crippen molar-refractivity contribution in [3.63, 3.8) is 0 Å². The number of nitrogens with zero attached hydrogens (tertiary/aromatic N) is 1. The van der Waals surface area contributed by atoms with Gasteiger partial charge < -0.3 is 4.90 Å². The van der Waals surface area contributed by atoms with Crippen LogP contribution >= 0.6 is 11.8 Å². The van der Waals surface area contributed by atoms with Crippen molar-refractivity contribution in [2.24, 2.45) is 5.92 Å². The highest BCUT2D eigenvalue weighted by Crippen LogP contribution is 2.44. The van der Waals surface area contributed by atoms with Gasteiger partial charge in [0.15, 0.2) is 0 Å². The summed E-state index contributed by atoms with van der Waals surface area (Å²) in [5, 5.41) is 0.803. The van der Waals surface area contributed by atoms with E-state index in [0.717, 1.165) is 29.7 Å². The van der Waals surface area contributed by atoms with Crippen LogP contribution in [0, 0.1) is 5.92 Å². The van der Waals surface area contributed by atoms with Gasteiger partial charge >= 0.3 is 0 Å². The summed E-state index contributed by atoms with van der Waals surface area (Å²) < 4.78 is 0. The molecule has 19 heavy (non-hydrogen) atoms. The smallest absolute Gasteiger partial charge is 0.254 e. The number of amides is 1. The number of fused-ring (bicyclic) bond motifs is 4. The minimum absolute atomic E-state index is 0.266. The number of carbonyl (C=O) groups excluding carboxylic acids is 1. The van der Waals surface area contributed by atoms with Crippen LogP contribution in [0.1, 0.15) is 47.6 Å². The Balaban J connectivity index is 1.66. The highest BCUT2D eigenvalue weighted by molar-refractivity contribution is 8.00. The summed E-state index contributed by atoms with van der Waals surface area (Å²) in [5.74, 6) is 2.49. The Morgan fingerprint density at radius 3 is 2.95 bits per heavy atom. The summed E-state index contributed by atoms with van der Waals surface area (Å²) in [6.07, 6.45) is 5.02. The van der Waals surface area contributed by atoms with Gasteiger partial charge in [-0.05, 0) is 49.0 Å². The fourth-order valence-corrected chi connectivity index (χ4v) is 5.55. The van der Waals surface area contributed by atoms with Gasteiger partial charge in [-0.2, -0.15) is 11.8 Å². The average Bonchev–Trinajstić information content (AvgIpc) is 2.95. The first-order chi connectivity index (χ1) is 9.34. The van der Waals surface area contributed by atoms with Crippen molar-refractivity contribution < 1.29 is 4.79 Å². The second kappa shape index (κ2) is 4.55. The van der Waals surface area contributed by atoms with Gasteiger partial charge in [-0.15, -0.1) is 0 Å². The molecule has 2 saturated heterocycles. The first kappa shape index (κ1) is 11.8. The summed E-state index contributed by atoms with van der Waals surface area (Å²) in [4.78, 5) is 14.6. The van der Waals surface area contributed by atoms with Crippen molar-refractivity contribution in [1.29, 1.82) is 0 Å². The maximum Gasteiger partial charge on any atom is 0.254 e. The van der Waals surface area contributed by atoms with Crippen molar-refractivity contribution in [3.8, 4) is 0 Å². The Morgan fingerprint density at radius 2 is 2.00 bits per heavy atom. The van der Waals surface area contributed by atoms with E-state index in [1.807, 2.05) is 12.1 Å². The van der Waals surface area contributed by atoms with Gasteiger partial charge in [-0.25, -0.2) is 0 Å². The third-order valence-corrected chi connectivity index (χ3v) is 6.52. The minimum Gasteiger partial charge on any atom is -0.332 e. The largest absolute Gasteiger partial charge is 0.332 e. The summed E-state index contributed by atoms with van der Waals surface area (Å²) in [5.41, 5.74) is 2.23. The Labute approximate surface area is 118 Å². The molecule has 0 radical (unpaired) electrons. The molecule has 1 aromatic carbocycles. The number of benzene rings is 1. The highest BCUT2D eigenvalue weighted by Gasteiger charge is 2.40. The molecule has 3 heterocycles. The van der Waals surface area contributed by atoms with E-state index in [0.29, 0.717) is 6.04 Å². The van der Waals surface area contributed by atoms with Crippen LogP contribution in [0.2, 0.25) is 0 Å². The molecular weight excluding hydrogens is 254 g/mol. The Hall–Kier alpha value is -0.960. The Kier molecular flexibility index (Phi) is 2.83. The molecule has 3 aliphatic heterocycles. The molecule has 0 saturated carbocycles. The van der Waals surface area contributed by atoms with E-state index in [1.165, 1.54) is 30.6 Å². The van der Waals surface area contributed by atoms with E-state index in [4.69, 9.17) is 0 Å². The quantitative estimate of drug-likeness (QED) is 0.721. The normalized spacial score (nSPS) is 33.4. The zero-order valence-electron chi connectivity index (χ0n) is 11.0. The summed E-state index contributed by atoms with van der Waals surface area (Å²) in [6, 6.07) is 8.57. The first-order valence-electron chi connectivity index (χ1n) is 7.36. The van der Waals surface area contributed by atoms with Crippen molar-refractivity contribution in [2.45, 2.75) is 37.0 Å². The van der Waals surface area contributed by atoms with Crippen LogP contribution < -0.4 is 0 Å². The van der Waals surface area contributed by atoms with Crippen molar-refractivity contribution in [1.82, 2.24) is 4.90 Å². The molecule has 0 bridgehead atoms. The molecule has 0 aliphatic carbocycles. The van der Waals surface area contributed by atoms with E-state index >= 15 is 0 Å². The standard InChI is InChI=1S/C16H19NOS/c18-16-13-4-2-1-3-12(13)14-6-5-11-8-10-19-15(11)7-9-17(14)16/h1-4,11,14-15H,5-10H2. The van der Waals surface area contributed by atoms with Crippen LogP contribution in [0.15, 0.2) is 24.3 Å². The fourth-order valence-electron chi connectivity index (χ4n) is 4.00. The molecule has 1 amide bonds. The third kappa shape index (κ3) is 1.82. The molecule has 0 N–H and O–H groups in total. The molecule has 3 aliphatic rings. The number of hydrogen-bond donors (Lipinski definition) is 0. The molecule has 1 aromatic rings. The van der Waals surface area contributed by atoms with Crippen molar-refractivity contribution in [2.75, 3.05) is 12.3 Å². The molecule has 3 heteroatoms. The molecule has 2 nitrogen and oxygen atoms in total. The zero-order chi connectivity index (χ0) is 12.8. The van der Waals surface area contributed by atoms with Gasteiger partial charge in [0.2, 0.25) is 0 Å². The lowest BCUT2D eigenvalue weighted by molar-refractivity contribution is 0.0691. The van der Waals surface area contributed by atoms with E-state index in [9.17, 15) is 4.79 Å². The van der Waals surface area contributed by atoms with Crippen LogP contribution in [0.4, 0.5) is 0 Å². The number of hydrogen-bond acceptors (Lipinski definition) is 2. The minimum atomic E-state index is 0.266. The zero-order valence-corrected chi connectivity index (χ0v) is 11.9. The predicted octanol–water partition coefficient (Wildman–Crippen LogP) is 3.49. The fraction of sp³-hybridized carbons (Fsp3) is 0.562. The molecule has 3 unspecified atom stereocenters. The van der Waals surface area contributed by atoms with Crippen LogP contribution in [0.25, 0.3) is 0 Å². The summed E-state index contributed by atoms with van der Waals surface area (Å²) in [7, 11) is 0. The third-order valence-electron chi connectivity index (χ3n) is 5.00. The Bertz CT molecular complexity index is 515. The van der Waals surface area contributed by atoms with E-state index in [-0.39, 0.29) is 5.91 Å². The lowest BCUT2D eigenvalue weighted by Crippen LogP contribution is -2.34. The van der Waals surface area contributed by atoms with Gasteiger partial charge in [0.05, 0.1) is 6.04 Å². The van der Waals surface area contributed by atoms with E-state index < -0.39 is 0 Å². The van der Waals surface area contributed by atoms with Gasteiger partial charge in [0.1, 0.15) is 0 Å². The molecule has 0 aromatic heterocycles. The monoisotopic (exact) mass is 273 g/mol. The predicted molar refractivity (Wildman–Crippen MR) is 78.4 cm³/mol. The van der Waals surface area contributed by atoms with Crippen LogP contribution in [0.5, 0.6) is 0 Å². The SMILES string of the molecule is O=C1c2ccccc2C2CCC3CCSC3CCN12. The average molecular weight is 273 g/mol. The molecule has 4 rings (SSSR count). The van der Waals surface area contributed by atoms with Gasteiger partial charge in [-0.1, -0.05) is 18.2 Å². The summed E-state index contributed by atoms with van der Waals surface area (Å²) >= 11 is 2.13. The lowest BCUT2D eigenvalue weighted by Gasteiger charge is -2.32. The number of carbonyl (C=O) groups is 1. The number of thioether (sulfide) groups is 1. The lowest BCUT2D eigenvalue weighted by atomic mass is 9.89. The number of rotatable bonds is 0. The second-order valence-corrected chi connectivity index (χ2v) is 7.27.